The fourth-order valence-electron chi connectivity index (χ4n) is 1.83. The Hall–Kier alpha value is -1.84. The van der Waals surface area contributed by atoms with E-state index in [0.29, 0.717) is 6.42 Å². The van der Waals surface area contributed by atoms with E-state index in [-0.39, 0.29) is 18.5 Å². The highest BCUT2D eigenvalue weighted by Gasteiger charge is 2.28. The molecule has 0 bridgehead atoms. The zero-order chi connectivity index (χ0) is 11.5. The molecule has 16 heavy (non-hydrogen) atoms. The van der Waals surface area contributed by atoms with Crippen molar-refractivity contribution in [2.45, 2.75) is 13.3 Å². The van der Waals surface area contributed by atoms with Crippen molar-refractivity contribution in [3.05, 3.63) is 35.3 Å². The molecule has 0 radical (unpaired) electrons. The van der Waals surface area contributed by atoms with Crippen molar-refractivity contribution in [3.8, 4) is 0 Å². The monoisotopic (exact) mass is 220 g/mol. The van der Waals surface area contributed by atoms with Crippen LogP contribution in [0.3, 0.4) is 0 Å². The fraction of sp³-hybridized carbons (Fsp3) is 0.333. The number of aldehydes is 1. The molecular formula is C12H12O4. The largest absolute Gasteiger partial charge is 0.472 e. The predicted molar refractivity (Wildman–Crippen MR) is 56.1 cm³/mol. The molecule has 1 aliphatic carbocycles. The van der Waals surface area contributed by atoms with Gasteiger partial charge in [0.05, 0.1) is 12.5 Å². The van der Waals surface area contributed by atoms with Crippen LogP contribution in [-0.2, 0) is 19.1 Å². The second-order valence-corrected chi connectivity index (χ2v) is 3.73. The quantitative estimate of drug-likeness (QED) is 0.534. The number of carbonyl (C=O) groups is 2. The summed E-state index contributed by atoms with van der Waals surface area (Å²) >= 11 is 0. The van der Waals surface area contributed by atoms with Crippen LogP contribution in [0.15, 0.2) is 35.3 Å². The summed E-state index contributed by atoms with van der Waals surface area (Å²) in [5, 5.41) is 0. The number of ether oxygens (including phenoxy) is 2. The van der Waals surface area contributed by atoms with Crippen LogP contribution in [0.4, 0.5) is 0 Å². The van der Waals surface area contributed by atoms with Crippen LogP contribution in [0.25, 0.3) is 0 Å². The van der Waals surface area contributed by atoms with E-state index in [0.717, 1.165) is 23.0 Å². The number of hydrogen-bond acceptors (Lipinski definition) is 4. The van der Waals surface area contributed by atoms with Gasteiger partial charge in [-0.3, -0.25) is 4.79 Å². The second kappa shape index (κ2) is 4.35. The molecule has 84 valence electrons. The first-order chi connectivity index (χ1) is 7.72. The Morgan fingerprint density at radius 1 is 1.62 bits per heavy atom. The summed E-state index contributed by atoms with van der Waals surface area (Å²) in [6.07, 6.45) is 6.70. The molecule has 2 aliphatic rings. The highest BCUT2D eigenvalue weighted by molar-refractivity contribution is 5.69. The van der Waals surface area contributed by atoms with Gasteiger partial charge in [-0.1, -0.05) is 6.08 Å². The maximum atomic E-state index is 10.8. The van der Waals surface area contributed by atoms with Crippen LogP contribution in [0.1, 0.15) is 13.3 Å². The zero-order valence-corrected chi connectivity index (χ0v) is 8.93. The van der Waals surface area contributed by atoms with Gasteiger partial charge in [-0.2, -0.15) is 0 Å². The van der Waals surface area contributed by atoms with Crippen LogP contribution in [0.5, 0.6) is 0 Å². The first kappa shape index (κ1) is 10.7. The highest BCUT2D eigenvalue weighted by Crippen LogP contribution is 2.36. The number of rotatable bonds is 3. The molecule has 4 heteroatoms. The van der Waals surface area contributed by atoms with E-state index in [4.69, 9.17) is 9.47 Å². The molecule has 0 N–H and O–H groups in total. The zero-order valence-electron chi connectivity index (χ0n) is 8.93. The van der Waals surface area contributed by atoms with Gasteiger partial charge in [-0.15, -0.1) is 0 Å². The molecule has 0 saturated carbocycles. The van der Waals surface area contributed by atoms with Gasteiger partial charge in [-0.05, 0) is 12.0 Å². The molecule has 0 fully saturated rings. The smallest absolute Gasteiger partial charge is 0.302 e. The number of allylic oxidation sites excluding steroid dienone is 2. The van der Waals surface area contributed by atoms with E-state index in [2.05, 4.69) is 0 Å². The number of hydrogen-bond donors (Lipinski definition) is 0. The lowest BCUT2D eigenvalue weighted by atomic mass is 9.96. The lowest BCUT2D eigenvalue weighted by Gasteiger charge is -2.16. The van der Waals surface area contributed by atoms with Crippen molar-refractivity contribution >= 4 is 12.3 Å². The number of esters is 1. The van der Waals surface area contributed by atoms with E-state index >= 15 is 0 Å². The van der Waals surface area contributed by atoms with Gasteiger partial charge in [-0.25, -0.2) is 0 Å². The molecule has 0 aromatic rings. The summed E-state index contributed by atoms with van der Waals surface area (Å²) in [6.45, 7) is 1.54. The summed E-state index contributed by atoms with van der Waals surface area (Å²) in [5.41, 5.74) is 2.64. The molecule has 2 rings (SSSR count). The van der Waals surface area contributed by atoms with Gasteiger partial charge in [0.1, 0.15) is 12.9 Å². The van der Waals surface area contributed by atoms with Crippen molar-refractivity contribution in [1.29, 1.82) is 0 Å². The minimum Gasteiger partial charge on any atom is -0.472 e. The van der Waals surface area contributed by atoms with Gasteiger partial charge < -0.3 is 14.3 Å². The minimum atomic E-state index is -0.331. The predicted octanol–water partition coefficient (Wildman–Crippen LogP) is 1.49. The van der Waals surface area contributed by atoms with E-state index < -0.39 is 0 Å². The van der Waals surface area contributed by atoms with Crippen molar-refractivity contribution < 1.29 is 19.1 Å². The molecule has 4 nitrogen and oxygen atoms in total. The molecule has 0 saturated heterocycles. The Kier molecular flexibility index (Phi) is 2.90. The van der Waals surface area contributed by atoms with Crippen molar-refractivity contribution in [3.63, 3.8) is 0 Å². The maximum absolute atomic E-state index is 10.8. The van der Waals surface area contributed by atoms with E-state index in [1.165, 1.54) is 6.92 Å². The average molecular weight is 220 g/mol. The first-order valence-electron chi connectivity index (χ1n) is 5.06. The minimum absolute atomic E-state index is 0.129. The van der Waals surface area contributed by atoms with E-state index in [9.17, 15) is 9.59 Å². The third-order valence-corrected chi connectivity index (χ3v) is 2.63. The van der Waals surface area contributed by atoms with Crippen molar-refractivity contribution in [2.75, 3.05) is 6.61 Å². The van der Waals surface area contributed by atoms with Crippen molar-refractivity contribution in [2.24, 2.45) is 5.92 Å². The summed E-state index contributed by atoms with van der Waals surface area (Å²) in [4.78, 5) is 21.5. The van der Waals surface area contributed by atoms with Crippen LogP contribution >= 0.6 is 0 Å². The molecule has 0 spiro atoms. The standard InChI is InChI=1S/C12H12O4/c1-8(14)16-6-10-5-15-7-12-9(4-13)2-3-11(10)12/h3-5,7,9H,2,6H2,1H3. The third kappa shape index (κ3) is 1.91. The summed E-state index contributed by atoms with van der Waals surface area (Å²) in [5.74, 6) is -0.460. The van der Waals surface area contributed by atoms with E-state index in [1.54, 1.807) is 12.5 Å². The number of fused-ring (bicyclic) bond motifs is 1. The summed E-state index contributed by atoms with van der Waals surface area (Å²) < 4.78 is 10.1. The Bertz CT molecular complexity index is 415. The molecule has 0 aromatic carbocycles. The van der Waals surface area contributed by atoms with Crippen LogP contribution in [0, 0.1) is 5.92 Å². The Balaban J connectivity index is 2.10. The Morgan fingerprint density at radius 3 is 3.12 bits per heavy atom. The lowest BCUT2D eigenvalue weighted by molar-refractivity contribution is -0.139. The molecule has 1 unspecified atom stereocenters. The van der Waals surface area contributed by atoms with Gasteiger partial charge in [0.2, 0.25) is 0 Å². The molecule has 0 aromatic heterocycles. The Morgan fingerprint density at radius 2 is 2.44 bits per heavy atom. The highest BCUT2D eigenvalue weighted by atomic mass is 16.5. The topological polar surface area (TPSA) is 52.6 Å². The van der Waals surface area contributed by atoms with Gasteiger partial charge in [0.15, 0.2) is 0 Å². The number of carbonyl (C=O) groups excluding carboxylic acids is 2. The Labute approximate surface area is 93.2 Å². The molecule has 0 amide bonds. The maximum Gasteiger partial charge on any atom is 0.302 e. The van der Waals surface area contributed by atoms with Crippen molar-refractivity contribution in [1.82, 2.24) is 0 Å². The van der Waals surface area contributed by atoms with Gasteiger partial charge in [0.25, 0.3) is 0 Å². The SMILES string of the molecule is CC(=O)OCC1=COC=C2C1=CCC2C=O. The van der Waals surface area contributed by atoms with E-state index in [1.807, 2.05) is 6.08 Å². The first-order valence-corrected chi connectivity index (χ1v) is 5.06. The summed E-state index contributed by atoms with van der Waals surface area (Å²) in [7, 11) is 0. The molecular weight excluding hydrogens is 208 g/mol. The molecule has 1 aliphatic heterocycles. The lowest BCUT2D eigenvalue weighted by Crippen LogP contribution is -2.10. The third-order valence-electron chi connectivity index (χ3n) is 2.63. The molecule has 1 heterocycles. The summed E-state index contributed by atoms with van der Waals surface area (Å²) in [6, 6.07) is 0. The van der Waals surface area contributed by atoms with Crippen LogP contribution in [0.2, 0.25) is 0 Å². The second-order valence-electron chi connectivity index (χ2n) is 3.73. The average Bonchev–Trinajstić information content (AvgIpc) is 2.69. The van der Waals surface area contributed by atoms with Crippen LogP contribution < -0.4 is 0 Å². The van der Waals surface area contributed by atoms with Gasteiger partial charge >= 0.3 is 5.97 Å². The molecule has 1 atom stereocenters. The normalized spacial score (nSPS) is 22.3. The van der Waals surface area contributed by atoms with Gasteiger partial charge in [0, 0.05) is 24.0 Å². The fourth-order valence-corrected chi connectivity index (χ4v) is 1.83. The van der Waals surface area contributed by atoms with Crippen LogP contribution in [-0.4, -0.2) is 18.9 Å².